The van der Waals surface area contributed by atoms with Crippen LogP contribution in [0.4, 0.5) is 17.5 Å². The molecule has 0 bridgehead atoms. The van der Waals surface area contributed by atoms with E-state index < -0.39 is 5.60 Å². The lowest BCUT2D eigenvalue weighted by molar-refractivity contribution is 0.0303. The normalized spacial score (nSPS) is 16.2. The number of fused-ring (bicyclic) bond motifs is 1. The van der Waals surface area contributed by atoms with Crippen molar-refractivity contribution in [1.29, 1.82) is 0 Å². The largest absolute Gasteiger partial charge is 0.398 e. The first kappa shape index (κ1) is 23.3. The van der Waals surface area contributed by atoms with Gasteiger partial charge in [-0.2, -0.15) is 9.97 Å². The van der Waals surface area contributed by atoms with Crippen molar-refractivity contribution in [3.05, 3.63) is 35.7 Å². The molecule has 1 atom stereocenters. The Hall–Kier alpha value is -2.87. The van der Waals surface area contributed by atoms with Crippen molar-refractivity contribution in [1.82, 2.24) is 19.5 Å². The molecule has 8 heteroatoms. The van der Waals surface area contributed by atoms with Crippen LogP contribution in [0.2, 0.25) is 0 Å². The molecule has 5 N–H and O–H groups in total. The molecule has 4 rings (SSSR count). The first-order valence-electron chi connectivity index (χ1n) is 12.0. The Morgan fingerprint density at radius 3 is 2.67 bits per heavy atom. The highest BCUT2D eigenvalue weighted by Crippen LogP contribution is 2.32. The van der Waals surface area contributed by atoms with E-state index in [0.29, 0.717) is 30.9 Å². The number of anilines is 3. The number of nitrogen functional groups attached to an aromatic ring is 1. The molecular formula is C25H37N7O. The summed E-state index contributed by atoms with van der Waals surface area (Å²) in [5, 5.41) is 17.1. The molecule has 178 valence electrons. The van der Waals surface area contributed by atoms with Gasteiger partial charge in [0.25, 0.3) is 0 Å². The average Bonchev–Trinajstić information content (AvgIpc) is 3.22. The van der Waals surface area contributed by atoms with Crippen molar-refractivity contribution in [2.24, 2.45) is 5.92 Å². The van der Waals surface area contributed by atoms with Gasteiger partial charge in [-0.1, -0.05) is 43.9 Å². The Kier molecular flexibility index (Phi) is 6.74. The maximum absolute atomic E-state index is 10.3. The molecule has 0 amide bonds. The summed E-state index contributed by atoms with van der Waals surface area (Å²) in [5.41, 5.74) is 9.96. The predicted octanol–water partition coefficient (Wildman–Crippen LogP) is 4.65. The molecule has 1 fully saturated rings. The van der Waals surface area contributed by atoms with E-state index in [2.05, 4.69) is 28.2 Å². The SMILES string of the molecule is Cc1ccc(N)c(CNc2nc(NCC(C)C(C)(C)O)nc3c2ncn3C2CCCCC2)c1. The lowest BCUT2D eigenvalue weighted by Crippen LogP contribution is -2.33. The minimum atomic E-state index is -0.787. The van der Waals surface area contributed by atoms with Gasteiger partial charge >= 0.3 is 0 Å². The third-order valence-electron chi connectivity index (χ3n) is 6.91. The Bertz CT molecular complexity index is 1100. The van der Waals surface area contributed by atoms with Crippen molar-refractivity contribution >= 4 is 28.6 Å². The summed E-state index contributed by atoms with van der Waals surface area (Å²) in [4.78, 5) is 14.3. The highest BCUT2D eigenvalue weighted by molar-refractivity contribution is 5.84. The lowest BCUT2D eigenvalue weighted by atomic mass is 9.93. The van der Waals surface area contributed by atoms with Gasteiger partial charge in [0.05, 0.1) is 11.9 Å². The van der Waals surface area contributed by atoms with Crippen LogP contribution in [0.25, 0.3) is 11.2 Å². The quantitative estimate of drug-likeness (QED) is 0.369. The Morgan fingerprint density at radius 2 is 1.94 bits per heavy atom. The second kappa shape index (κ2) is 9.55. The zero-order valence-electron chi connectivity index (χ0n) is 20.2. The molecule has 0 spiro atoms. The molecule has 0 saturated heterocycles. The number of aliphatic hydroxyl groups is 1. The summed E-state index contributed by atoms with van der Waals surface area (Å²) in [6.45, 7) is 8.83. The number of nitrogens with zero attached hydrogens (tertiary/aromatic N) is 4. The predicted molar refractivity (Wildman–Crippen MR) is 134 cm³/mol. The number of nitrogens with two attached hydrogens (primary N) is 1. The van der Waals surface area contributed by atoms with Crippen LogP contribution in [0.3, 0.4) is 0 Å². The van der Waals surface area contributed by atoms with Crippen molar-refractivity contribution in [3.8, 4) is 0 Å². The van der Waals surface area contributed by atoms with Crippen LogP contribution in [0.1, 0.15) is 70.0 Å². The lowest BCUT2D eigenvalue weighted by Gasteiger charge is -2.26. The first-order valence-corrected chi connectivity index (χ1v) is 12.0. The standard InChI is InChI=1S/C25H37N7O/c1-16-10-11-20(26)18(12-16)14-27-22-21-23(32(15-29-21)19-8-6-5-7-9-19)31-24(30-22)28-13-17(2)25(3,4)33/h10-12,15,17,19,33H,5-9,13-14,26H2,1-4H3,(H2,27,28,30,31). The zero-order valence-corrected chi connectivity index (χ0v) is 20.2. The fourth-order valence-corrected chi connectivity index (χ4v) is 4.31. The van der Waals surface area contributed by atoms with Gasteiger partial charge in [-0.15, -0.1) is 0 Å². The fourth-order valence-electron chi connectivity index (χ4n) is 4.31. The van der Waals surface area contributed by atoms with Gasteiger partial charge in [0.1, 0.15) is 0 Å². The van der Waals surface area contributed by atoms with E-state index >= 15 is 0 Å². The monoisotopic (exact) mass is 451 g/mol. The maximum Gasteiger partial charge on any atom is 0.226 e. The summed E-state index contributed by atoms with van der Waals surface area (Å²) in [7, 11) is 0. The maximum atomic E-state index is 10.3. The summed E-state index contributed by atoms with van der Waals surface area (Å²) in [5.74, 6) is 1.26. The molecule has 33 heavy (non-hydrogen) atoms. The van der Waals surface area contributed by atoms with Gasteiger partial charge in [-0.3, -0.25) is 0 Å². The molecule has 1 saturated carbocycles. The molecule has 3 aromatic rings. The van der Waals surface area contributed by atoms with E-state index in [1.165, 1.54) is 24.8 Å². The zero-order chi connectivity index (χ0) is 23.6. The number of aromatic nitrogens is 4. The van der Waals surface area contributed by atoms with Gasteiger partial charge in [-0.25, -0.2) is 4.98 Å². The number of benzene rings is 1. The average molecular weight is 452 g/mol. The van der Waals surface area contributed by atoms with Gasteiger partial charge < -0.3 is 26.0 Å². The molecular weight excluding hydrogens is 414 g/mol. The number of hydrogen-bond donors (Lipinski definition) is 4. The molecule has 0 aliphatic heterocycles. The summed E-state index contributed by atoms with van der Waals surface area (Å²) in [6.07, 6.45) is 7.98. The molecule has 2 aromatic heterocycles. The van der Waals surface area contributed by atoms with Crippen LogP contribution in [0.5, 0.6) is 0 Å². The van der Waals surface area contributed by atoms with Crippen molar-refractivity contribution in [3.63, 3.8) is 0 Å². The van der Waals surface area contributed by atoms with Crippen LogP contribution < -0.4 is 16.4 Å². The second-order valence-electron chi connectivity index (χ2n) is 10.0. The van der Waals surface area contributed by atoms with E-state index in [1.54, 1.807) is 0 Å². The topological polar surface area (TPSA) is 114 Å². The first-order chi connectivity index (χ1) is 15.7. The Morgan fingerprint density at radius 1 is 1.18 bits per heavy atom. The van der Waals surface area contributed by atoms with Gasteiger partial charge in [0.2, 0.25) is 5.95 Å². The van der Waals surface area contributed by atoms with Crippen molar-refractivity contribution in [2.75, 3.05) is 22.9 Å². The van der Waals surface area contributed by atoms with Crippen LogP contribution >= 0.6 is 0 Å². The molecule has 1 aromatic carbocycles. The van der Waals surface area contributed by atoms with Crippen molar-refractivity contribution in [2.45, 2.75) is 78.0 Å². The highest BCUT2D eigenvalue weighted by atomic mass is 16.3. The minimum absolute atomic E-state index is 0.0311. The number of aryl methyl sites for hydroxylation is 1. The van der Waals surface area contributed by atoms with E-state index in [9.17, 15) is 5.11 Å². The highest BCUT2D eigenvalue weighted by Gasteiger charge is 2.24. The summed E-state index contributed by atoms with van der Waals surface area (Å²) >= 11 is 0. The van der Waals surface area contributed by atoms with Crippen LogP contribution in [0.15, 0.2) is 24.5 Å². The molecule has 1 aliphatic carbocycles. The molecule has 1 unspecified atom stereocenters. The Balaban J connectivity index is 1.65. The van der Waals surface area contributed by atoms with Gasteiger partial charge in [0, 0.05) is 30.7 Å². The van der Waals surface area contributed by atoms with E-state index in [0.717, 1.165) is 35.3 Å². The number of hydrogen-bond acceptors (Lipinski definition) is 7. The number of imidazole rings is 1. The van der Waals surface area contributed by atoms with Gasteiger partial charge in [0.15, 0.2) is 17.0 Å². The smallest absolute Gasteiger partial charge is 0.226 e. The third kappa shape index (κ3) is 5.38. The summed E-state index contributed by atoms with van der Waals surface area (Å²) in [6, 6.07) is 6.46. The third-order valence-corrected chi connectivity index (χ3v) is 6.91. The number of nitrogens with one attached hydrogen (secondary N) is 2. The molecule has 2 heterocycles. The second-order valence-corrected chi connectivity index (χ2v) is 10.0. The van der Waals surface area contributed by atoms with E-state index in [4.69, 9.17) is 20.7 Å². The van der Waals surface area contributed by atoms with Crippen molar-refractivity contribution < 1.29 is 5.11 Å². The van der Waals surface area contributed by atoms with Crippen LogP contribution in [-0.4, -0.2) is 36.8 Å². The molecule has 1 aliphatic rings. The fraction of sp³-hybridized carbons (Fsp3) is 0.560. The summed E-state index contributed by atoms with van der Waals surface area (Å²) < 4.78 is 2.22. The van der Waals surface area contributed by atoms with Crippen LogP contribution in [-0.2, 0) is 6.54 Å². The molecule has 0 radical (unpaired) electrons. The van der Waals surface area contributed by atoms with E-state index in [-0.39, 0.29) is 5.92 Å². The number of rotatable bonds is 8. The van der Waals surface area contributed by atoms with Gasteiger partial charge in [-0.05, 0) is 45.2 Å². The Labute approximate surface area is 196 Å². The van der Waals surface area contributed by atoms with Crippen LogP contribution in [0, 0.1) is 12.8 Å². The molecule has 8 nitrogen and oxygen atoms in total. The van der Waals surface area contributed by atoms with E-state index in [1.807, 2.05) is 39.2 Å². The minimum Gasteiger partial charge on any atom is -0.398 e.